The Morgan fingerprint density at radius 3 is 2.65 bits per heavy atom. The topological polar surface area (TPSA) is 38.4 Å². The number of aromatic nitrogens is 2. The maximum absolute atomic E-state index is 12.1. The largest absolute Gasteiger partial charge is 1.00 e. The molecule has 0 fully saturated rings. The van der Waals surface area contributed by atoms with Crippen molar-refractivity contribution in [2.24, 2.45) is 7.05 Å². The quantitative estimate of drug-likeness (QED) is 0.449. The van der Waals surface area contributed by atoms with Gasteiger partial charge in [0.05, 0.1) is 19.7 Å². The van der Waals surface area contributed by atoms with E-state index < -0.39 is 0 Å². The van der Waals surface area contributed by atoms with Gasteiger partial charge < -0.3 is 28.7 Å². The van der Waals surface area contributed by atoms with E-state index in [4.69, 9.17) is 4.74 Å². The van der Waals surface area contributed by atoms with Gasteiger partial charge in [0.2, 0.25) is 0 Å². The van der Waals surface area contributed by atoms with Crippen molar-refractivity contribution in [3.63, 3.8) is 0 Å². The summed E-state index contributed by atoms with van der Waals surface area (Å²) in [5.41, 5.74) is 0. The van der Waals surface area contributed by atoms with Gasteiger partial charge in [-0.2, -0.15) is 4.57 Å². The molecule has 1 unspecified atom stereocenters. The Morgan fingerprint density at radius 1 is 1.59 bits per heavy atom. The average molecular weight is 353 g/mol. The number of ether oxygens (including phenoxy) is 1. The first kappa shape index (κ1) is 16.4. The first-order chi connectivity index (χ1) is 7.60. The number of nitrogens with zero attached hydrogens (tertiary/aromatic N) is 3. The number of methoxy groups -OCH3 is 1. The molecule has 17 heavy (non-hydrogen) atoms. The highest BCUT2D eigenvalue weighted by Crippen LogP contribution is 2.03. The third-order valence-corrected chi connectivity index (χ3v) is 2.52. The van der Waals surface area contributed by atoms with Crippen molar-refractivity contribution in [3.8, 4) is 0 Å². The summed E-state index contributed by atoms with van der Waals surface area (Å²) in [4.78, 5) is 13.9. The Bertz CT molecular complexity index is 354. The smallest absolute Gasteiger partial charge is 0.416 e. The molecule has 1 atom stereocenters. The van der Waals surface area contributed by atoms with Crippen LogP contribution in [0.15, 0.2) is 18.7 Å². The summed E-state index contributed by atoms with van der Waals surface area (Å²) in [5, 5.41) is 0. The number of hydrogen-bond donors (Lipinski definition) is 0. The van der Waals surface area contributed by atoms with Crippen LogP contribution >= 0.6 is 0 Å². The maximum atomic E-state index is 12.1. The van der Waals surface area contributed by atoms with Crippen molar-refractivity contribution in [1.29, 1.82) is 0 Å². The van der Waals surface area contributed by atoms with Gasteiger partial charge in [0.25, 0.3) is 6.33 Å². The Balaban J connectivity index is 0.00000256. The van der Waals surface area contributed by atoms with Crippen LogP contribution in [0.3, 0.4) is 0 Å². The number of carbonyl (C=O) groups is 1. The van der Waals surface area contributed by atoms with Crippen molar-refractivity contribution in [1.82, 2.24) is 9.47 Å². The van der Waals surface area contributed by atoms with Gasteiger partial charge in [-0.3, -0.25) is 4.90 Å². The number of aryl methyl sites for hydroxylation is 1. The lowest BCUT2D eigenvalue weighted by molar-refractivity contribution is -0.670. The third kappa shape index (κ3) is 4.27. The van der Waals surface area contributed by atoms with E-state index in [-0.39, 0.29) is 36.0 Å². The maximum Gasteiger partial charge on any atom is 0.416 e. The summed E-state index contributed by atoms with van der Waals surface area (Å²) < 4.78 is 8.49. The number of imidazole rings is 1. The molecular weight excluding hydrogens is 333 g/mol. The van der Waals surface area contributed by atoms with Crippen LogP contribution in [0.4, 0.5) is 4.79 Å². The fourth-order valence-corrected chi connectivity index (χ4v) is 1.68. The summed E-state index contributed by atoms with van der Waals surface area (Å²) in [6.07, 6.45) is 5.35. The number of hydrogen-bond acceptors (Lipinski definition) is 2. The zero-order valence-electron chi connectivity index (χ0n) is 10.8. The zero-order valence-corrected chi connectivity index (χ0v) is 12.9. The average Bonchev–Trinajstić information content (AvgIpc) is 2.66. The van der Waals surface area contributed by atoms with E-state index >= 15 is 0 Å². The molecule has 0 radical (unpaired) electrons. The van der Waals surface area contributed by atoms with Gasteiger partial charge in [0, 0.05) is 13.7 Å². The fraction of sp³-hybridized carbons (Fsp3) is 0.636. The van der Waals surface area contributed by atoms with Gasteiger partial charge in [-0.25, -0.2) is 9.36 Å². The minimum absolute atomic E-state index is 0. The van der Waals surface area contributed by atoms with Crippen LogP contribution in [0.1, 0.15) is 13.8 Å². The molecule has 0 aromatic carbocycles. The summed E-state index contributed by atoms with van der Waals surface area (Å²) in [7, 11) is 3.53. The monoisotopic (exact) mass is 353 g/mol. The van der Waals surface area contributed by atoms with Crippen molar-refractivity contribution >= 4 is 6.03 Å². The summed E-state index contributed by atoms with van der Waals surface area (Å²) in [6.45, 7) is 5.17. The van der Waals surface area contributed by atoms with Crippen LogP contribution in [0.25, 0.3) is 0 Å². The van der Waals surface area contributed by atoms with Crippen LogP contribution in [0.2, 0.25) is 0 Å². The molecule has 5 nitrogen and oxygen atoms in total. The fourth-order valence-electron chi connectivity index (χ4n) is 1.68. The van der Waals surface area contributed by atoms with E-state index in [1.807, 2.05) is 31.7 Å². The van der Waals surface area contributed by atoms with Gasteiger partial charge >= 0.3 is 6.03 Å². The molecular formula is C11H20IN3O2. The van der Waals surface area contributed by atoms with Crippen LogP contribution < -0.4 is 28.5 Å². The number of likely N-dealkylation sites (N-methyl/N-ethyl adjacent to an activating group) is 1. The first-order valence-electron chi connectivity index (χ1n) is 5.43. The molecule has 1 amide bonds. The second-order valence-corrected chi connectivity index (χ2v) is 3.86. The normalized spacial score (nSPS) is 11.8. The van der Waals surface area contributed by atoms with Crippen LogP contribution in [-0.2, 0) is 11.8 Å². The number of halogens is 1. The van der Waals surface area contributed by atoms with Crippen molar-refractivity contribution in [3.05, 3.63) is 18.7 Å². The SMILES string of the molecule is CCN(C(=O)n1cc[n+](C)c1)C(C)COC.[I-]. The zero-order chi connectivity index (χ0) is 12.1. The molecule has 0 bridgehead atoms. The molecule has 0 aliphatic carbocycles. The highest BCUT2D eigenvalue weighted by molar-refractivity contribution is 5.76. The standard InChI is InChI=1S/C11H20N3O2.HI/c1-5-14(10(2)8-16-4)11(15)13-7-6-12(3)9-13;/h6-7,9-10H,5,8H2,1-4H3;1H/q+1;/p-1. The molecule has 1 heterocycles. The molecule has 0 aliphatic heterocycles. The molecule has 0 spiro atoms. The van der Waals surface area contributed by atoms with Crippen LogP contribution in [0, 0.1) is 0 Å². The van der Waals surface area contributed by atoms with Gasteiger partial charge in [0.1, 0.15) is 12.4 Å². The molecule has 1 rings (SSSR count). The van der Waals surface area contributed by atoms with E-state index in [0.29, 0.717) is 13.2 Å². The van der Waals surface area contributed by atoms with E-state index in [1.165, 1.54) is 0 Å². The summed E-state index contributed by atoms with van der Waals surface area (Å²) in [6, 6.07) is 0.0582. The van der Waals surface area contributed by atoms with Crippen LogP contribution in [-0.4, -0.2) is 41.8 Å². The van der Waals surface area contributed by atoms with Gasteiger partial charge in [-0.1, -0.05) is 0 Å². The predicted octanol–water partition coefficient (Wildman–Crippen LogP) is -2.36. The van der Waals surface area contributed by atoms with Gasteiger partial charge in [-0.05, 0) is 13.8 Å². The Morgan fingerprint density at radius 2 is 2.24 bits per heavy atom. The lowest BCUT2D eigenvalue weighted by Crippen LogP contribution is -3.00. The van der Waals surface area contributed by atoms with E-state index in [2.05, 4.69) is 0 Å². The van der Waals surface area contributed by atoms with E-state index in [9.17, 15) is 4.79 Å². The van der Waals surface area contributed by atoms with E-state index in [1.54, 1.807) is 29.1 Å². The molecule has 1 aromatic heterocycles. The van der Waals surface area contributed by atoms with Crippen molar-refractivity contribution in [2.75, 3.05) is 20.3 Å². The summed E-state index contributed by atoms with van der Waals surface area (Å²) >= 11 is 0. The number of amides is 1. The number of rotatable bonds is 4. The number of carbonyl (C=O) groups excluding carboxylic acids is 1. The Kier molecular flexibility index (Phi) is 7.37. The second-order valence-electron chi connectivity index (χ2n) is 3.86. The van der Waals surface area contributed by atoms with Crippen LogP contribution in [0.5, 0.6) is 0 Å². The van der Waals surface area contributed by atoms with Crippen molar-refractivity contribution in [2.45, 2.75) is 19.9 Å². The molecule has 98 valence electrons. The first-order valence-corrected chi connectivity index (χ1v) is 5.43. The minimum atomic E-state index is -0.0207. The predicted molar refractivity (Wildman–Crippen MR) is 60.1 cm³/mol. The Hall–Kier alpha value is -0.630. The highest BCUT2D eigenvalue weighted by Gasteiger charge is 2.23. The van der Waals surface area contributed by atoms with Gasteiger partial charge in [0.15, 0.2) is 0 Å². The van der Waals surface area contributed by atoms with E-state index in [0.717, 1.165) is 0 Å². The molecule has 0 saturated carbocycles. The minimum Gasteiger partial charge on any atom is -1.00 e. The Labute approximate surface area is 119 Å². The summed E-state index contributed by atoms with van der Waals surface area (Å²) in [5.74, 6) is 0. The lowest BCUT2D eigenvalue weighted by atomic mass is 10.3. The molecule has 0 saturated heterocycles. The molecule has 0 aliphatic rings. The molecule has 6 heteroatoms. The highest BCUT2D eigenvalue weighted by atomic mass is 127. The van der Waals surface area contributed by atoms with Crippen molar-refractivity contribution < 1.29 is 38.1 Å². The third-order valence-electron chi connectivity index (χ3n) is 2.52. The second kappa shape index (κ2) is 7.65. The molecule has 0 N–H and O–H groups in total. The van der Waals surface area contributed by atoms with Gasteiger partial charge in [-0.15, -0.1) is 0 Å². The molecule has 1 aromatic rings. The lowest BCUT2D eigenvalue weighted by Gasteiger charge is -2.24.